The molecule has 7 heteroatoms. The zero-order valence-corrected chi connectivity index (χ0v) is 11.1. The topological polar surface area (TPSA) is 34.1 Å². The van der Waals surface area contributed by atoms with Gasteiger partial charge >= 0.3 is 14.4 Å². The second kappa shape index (κ2) is 6.74. The van der Waals surface area contributed by atoms with Crippen molar-refractivity contribution in [1.82, 2.24) is 0 Å². The van der Waals surface area contributed by atoms with Crippen LogP contribution in [0.2, 0.25) is 0 Å². The molecule has 0 aliphatic heterocycles. The Labute approximate surface area is 97.3 Å². The molecule has 0 rings (SSSR count). The van der Waals surface area contributed by atoms with Gasteiger partial charge in [-0.2, -0.15) is 21.6 Å². The molecule has 2 nitrogen and oxygen atoms in total. The fourth-order valence-corrected chi connectivity index (χ4v) is 6.02. The third-order valence-electron chi connectivity index (χ3n) is 2.04. The Balaban J connectivity index is 4.73. The van der Waals surface area contributed by atoms with Crippen molar-refractivity contribution >= 4 is 18.8 Å². The molecule has 0 saturated heterocycles. The fraction of sp³-hybridized carbons (Fsp3) is 1.00. The number of unbranched alkanes of at least 4 members (excludes halogenated alkanes) is 2. The molecule has 0 fully saturated rings. The maximum Gasteiger partial charge on any atom is 0.543 e. The summed E-state index contributed by atoms with van der Waals surface area (Å²) in [5.41, 5.74) is -5.10. The number of hydrogen-bond acceptors (Lipinski definition) is 2. The normalized spacial score (nSPS) is 13.4. The molecule has 0 heterocycles. The Hall–Kier alpha value is 0.0900. The van der Waals surface area contributed by atoms with Crippen molar-refractivity contribution in [3.8, 4) is 0 Å². The SMILES string of the molecule is CCCC[S+](CCCC)S(=O)(=O)C(F)(F)F. The van der Waals surface area contributed by atoms with Gasteiger partial charge in [-0.1, -0.05) is 26.7 Å². The van der Waals surface area contributed by atoms with Crippen LogP contribution in [0.4, 0.5) is 13.2 Å². The van der Waals surface area contributed by atoms with Crippen molar-refractivity contribution in [2.45, 2.75) is 45.0 Å². The molecule has 0 atom stereocenters. The third kappa shape index (κ3) is 4.53. The Kier molecular flexibility index (Phi) is 6.77. The zero-order chi connectivity index (χ0) is 12.8. The highest BCUT2D eigenvalue weighted by Crippen LogP contribution is 2.31. The number of halogens is 3. The van der Waals surface area contributed by atoms with Crippen molar-refractivity contribution in [3.05, 3.63) is 0 Å². The molecular weight excluding hydrogens is 261 g/mol. The molecular formula is C9H18F3O2S2+. The summed E-state index contributed by atoms with van der Waals surface area (Å²) in [4.78, 5) is 0. The molecule has 0 aromatic heterocycles. The van der Waals surface area contributed by atoms with E-state index in [1.807, 2.05) is 13.8 Å². The van der Waals surface area contributed by atoms with Crippen LogP contribution in [-0.2, 0) is 18.8 Å². The Morgan fingerprint density at radius 1 is 1.00 bits per heavy atom. The summed E-state index contributed by atoms with van der Waals surface area (Å²) in [6, 6.07) is 0. The number of alkyl halides is 3. The van der Waals surface area contributed by atoms with Crippen LogP contribution in [0.25, 0.3) is 0 Å². The summed E-state index contributed by atoms with van der Waals surface area (Å²) >= 11 is 0. The molecule has 0 radical (unpaired) electrons. The maximum atomic E-state index is 12.4. The van der Waals surface area contributed by atoms with Gasteiger partial charge in [0.1, 0.15) is 21.4 Å². The molecule has 0 unspecified atom stereocenters. The van der Waals surface area contributed by atoms with Crippen LogP contribution in [0, 0.1) is 0 Å². The molecule has 0 N–H and O–H groups in total. The number of rotatable bonds is 7. The molecule has 0 aromatic rings. The van der Waals surface area contributed by atoms with Gasteiger partial charge in [-0.25, -0.2) is 0 Å². The lowest BCUT2D eigenvalue weighted by Gasteiger charge is -2.10. The Morgan fingerprint density at radius 2 is 1.38 bits per heavy atom. The molecule has 0 spiro atoms. The van der Waals surface area contributed by atoms with Gasteiger partial charge in [-0.05, 0) is 12.8 Å². The van der Waals surface area contributed by atoms with Gasteiger partial charge in [-0.3, -0.25) is 0 Å². The standard InChI is InChI=1S/C9H18F3O2S2/c1-3-5-7-15(8-6-4-2)16(13,14)9(10,11)12/h3-8H2,1-2H3/q+1. The largest absolute Gasteiger partial charge is 0.543 e. The van der Waals surface area contributed by atoms with Crippen molar-refractivity contribution in [2.24, 2.45) is 0 Å². The van der Waals surface area contributed by atoms with E-state index in [-0.39, 0.29) is 11.5 Å². The lowest BCUT2D eigenvalue weighted by Crippen LogP contribution is -2.34. The van der Waals surface area contributed by atoms with Gasteiger partial charge in [0, 0.05) is 0 Å². The summed E-state index contributed by atoms with van der Waals surface area (Å²) in [7, 11) is -6.51. The highest BCUT2D eigenvalue weighted by molar-refractivity contribution is 8.69. The van der Waals surface area contributed by atoms with Crippen LogP contribution in [0.3, 0.4) is 0 Å². The van der Waals surface area contributed by atoms with Crippen LogP contribution in [0.1, 0.15) is 39.5 Å². The minimum atomic E-state index is -5.10. The quantitative estimate of drug-likeness (QED) is 0.530. The average Bonchev–Trinajstić information content (AvgIpc) is 2.16. The molecule has 98 valence electrons. The second-order valence-electron chi connectivity index (χ2n) is 3.46. The lowest BCUT2D eigenvalue weighted by molar-refractivity contribution is -0.0411. The summed E-state index contributed by atoms with van der Waals surface area (Å²) in [6.07, 6.45) is 2.48. The van der Waals surface area contributed by atoms with E-state index in [0.29, 0.717) is 25.7 Å². The van der Waals surface area contributed by atoms with Gasteiger partial charge in [0.15, 0.2) is 0 Å². The summed E-state index contributed by atoms with van der Waals surface area (Å²) < 4.78 is 59.6. The van der Waals surface area contributed by atoms with E-state index in [2.05, 4.69) is 0 Å². The maximum absolute atomic E-state index is 12.4. The first kappa shape index (κ1) is 16.1. The van der Waals surface area contributed by atoms with Crippen molar-refractivity contribution in [1.29, 1.82) is 0 Å². The van der Waals surface area contributed by atoms with Gasteiger partial charge in [0.05, 0.1) is 0 Å². The van der Waals surface area contributed by atoms with Gasteiger partial charge in [-0.15, -0.1) is 0 Å². The Morgan fingerprint density at radius 3 is 1.62 bits per heavy atom. The fourth-order valence-electron chi connectivity index (χ4n) is 1.07. The van der Waals surface area contributed by atoms with Crippen LogP contribution >= 0.6 is 0 Å². The predicted octanol–water partition coefficient (Wildman–Crippen LogP) is 3.05. The molecule has 0 aromatic carbocycles. The molecule has 0 amide bonds. The molecule has 0 bridgehead atoms. The molecule has 16 heavy (non-hydrogen) atoms. The van der Waals surface area contributed by atoms with E-state index in [0.717, 1.165) is 0 Å². The molecule has 0 saturated carbocycles. The van der Waals surface area contributed by atoms with Crippen LogP contribution < -0.4 is 0 Å². The highest BCUT2D eigenvalue weighted by Gasteiger charge is 2.57. The lowest BCUT2D eigenvalue weighted by atomic mass is 10.4. The van der Waals surface area contributed by atoms with Crippen LogP contribution in [0.15, 0.2) is 0 Å². The van der Waals surface area contributed by atoms with Gasteiger partial charge < -0.3 is 0 Å². The predicted molar refractivity (Wildman–Crippen MR) is 61.9 cm³/mol. The van der Waals surface area contributed by atoms with E-state index in [1.165, 1.54) is 0 Å². The molecule has 0 aliphatic carbocycles. The zero-order valence-electron chi connectivity index (χ0n) is 9.51. The first-order chi connectivity index (χ1) is 7.27. The van der Waals surface area contributed by atoms with Crippen molar-refractivity contribution in [3.63, 3.8) is 0 Å². The second-order valence-corrected chi connectivity index (χ2v) is 9.25. The van der Waals surface area contributed by atoms with E-state index in [1.54, 1.807) is 0 Å². The van der Waals surface area contributed by atoms with Crippen molar-refractivity contribution < 1.29 is 21.6 Å². The first-order valence-electron chi connectivity index (χ1n) is 5.26. The minimum Gasteiger partial charge on any atom is -0.168 e. The van der Waals surface area contributed by atoms with Crippen molar-refractivity contribution in [2.75, 3.05) is 11.5 Å². The third-order valence-corrected chi connectivity index (χ3v) is 8.15. The Bertz CT molecular complexity index is 278. The van der Waals surface area contributed by atoms with E-state index in [9.17, 15) is 21.6 Å². The summed E-state index contributed by atoms with van der Waals surface area (Å²) in [5, 5.41) is 0. The minimum absolute atomic E-state index is 0.137. The first-order valence-corrected chi connectivity index (χ1v) is 8.83. The van der Waals surface area contributed by atoms with E-state index in [4.69, 9.17) is 0 Å². The van der Waals surface area contributed by atoms with Crippen LogP contribution in [0.5, 0.6) is 0 Å². The van der Waals surface area contributed by atoms with Gasteiger partial charge in [0.25, 0.3) is 0 Å². The number of hydrogen-bond donors (Lipinski definition) is 0. The van der Waals surface area contributed by atoms with Gasteiger partial charge in [0.2, 0.25) is 0 Å². The average molecular weight is 279 g/mol. The van der Waals surface area contributed by atoms with E-state index >= 15 is 0 Å². The van der Waals surface area contributed by atoms with Crippen LogP contribution in [-0.4, -0.2) is 25.4 Å². The highest BCUT2D eigenvalue weighted by atomic mass is 33.2. The monoisotopic (exact) mass is 279 g/mol. The summed E-state index contributed by atoms with van der Waals surface area (Å²) in [5.74, 6) is 0.274. The smallest absolute Gasteiger partial charge is 0.168 e. The van der Waals surface area contributed by atoms with E-state index < -0.39 is 24.3 Å². The summed E-state index contributed by atoms with van der Waals surface area (Å²) in [6.45, 7) is 3.67. The molecule has 0 aliphatic rings.